The molecule has 2 aromatic rings. The monoisotopic (exact) mass is 414 g/mol. The van der Waals surface area contributed by atoms with Crippen molar-refractivity contribution in [1.82, 2.24) is 0 Å². The van der Waals surface area contributed by atoms with E-state index in [1.54, 1.807) is 12.1 Å². The number of hydrogen-bond donors (Lipinski definition) is 1. The van der Waals surface area contributed by atoms with E-state index in [1.165, 1.54) is 20.3 Å². The van der Waals surface area contributed by atoms with Crippen LogP contribution in [-0.2, 0) is 4.79 Å². The number of hydrogen-bond acceptors (Lipinski definition) is 4. The number of aryl methyl sites for hydroxylation is 2. The van der Waals surface area contributed by atoms with Crippen LogP contribution in [-0.4, -0.2) is 20.1 Å². The minimum atomic E-state index is -0.466. The van der Waals surface area contributed by atoms with Crippen molar-refractivity contribution in [3.05, 3.63) is 57.1 Å². The van der Waals surface area contributed by atoms with Crippen LogP contribution in [0, 0.1) is 25.2 Å². The molecular formula is C20H19BrN2O3. The summed E-state index contributed by atoms with van der Waals surface area (Å²) in [5.41, 5.74) is 3.27. The Morgan fingerprint density at radius 1 is 1.19 bits per heavy atom. The highest BCUT2D eigenvalue weighted by molar-refractivity contribution is 9.10. The molecule has 26 heavy (non-hydrogen) atoms. The smallest absolute Gasteiger partial charge is 0.266 e. The van der Waals surface area contributed by atoms with Crippen molar-refractivity contribution in [3.8, 4) is 17.6 Å². The van der Waals surface area contributed by atoms with Crippen molar-refractivity contribution < 1.29 is 14.3 Å². The molecule has 1 N–H and O–H groups in total. The molecule has 0 saturated heterocycles. The zero-order chi connectivity index (χ0) is 19.3. The molecule has 5 nitrogen and oxygen atoms in total. The number of rotatable bonds is 5. The van der Waals surface area contributed by atoms with Crippen LogP contribution in [0.4, 0.5) is 5.69 Å². The van der Waals surface area contributed by atoms with E-state index in [2.05, 4.69) is 21.2 Å². The maximum absolute atomic E-state index is 12.5. The molecule has 0 fully saturated rings. The number of amides is 1. The number of nitrogens with zero attached hydrogens (tertiary/aromatic N) is 1. The van der Waals surface area contributed by atoms with E-state index in [4.69, 9.17) is 9.47 Å². The Kier molecular flexibility index (Phi) is 6.42. The maximum atomic E-state index is 12.5. The molecule has 6 heteroatoms. The lowest BCUT2D eigenvalue weighted by Gasteiger charge is -2.11. The van der Waals surface area contributed by atoms with Crippen LogP contribution in [0.15, 0.2) is 40.4 Å². The van der Waals surface area contributed by atoms with E-state index in [0.717, 1.165) is 11.1 Å². The van der Waals surface area contributed by atoms with Gasteiger partial charge in [-0.15, -0.1) is 0 Å². The Hall–Kier alpha value is -2.78. The Labute approximate surface area is 161 Å². The van der Waals surface area contributed by atoms with Crippen LogP contribution in [0.2, 0.25) is 0 Å². The van der Waals surface area contributed by atoms with Gasteiger partial charge >= 0.3 is 0 Å². The van der Waals surface area contributed by atoms with Crippen molar-refractivity contribution in [3.63, 3.8) is 0 Å². The standard InChI is InChI=1S/C20H19BrN2O3/c1-12-5-6-13(2)17(7-12)23-20(24)15(11-22)8-14-9-16(21)19(26-4)18(10-14)25-3/h5-10H,1-4H3,(H,23,24)/b15-8-. The lowest BCUT2D eigenvalue weighted by Crippen LogP contribution is -2.14. The predicted molar refractivity (Wildman–Crippen MR) is 105 cm³/mol. The third kappa shape index (κ3) is 4.44. The number of halogens is 1. The molecule has 0 aliphatic carbocycles. The Morgan fingerprint density at radius 3 is 2.54 bits per heavy atom. The van der Waals surface area contributed by atoms with Crippen LogP contribution in [0.3, 0.4) is 0 Å². The molecule has 0 aliphatic heterocycles. The first-order valence-corrected chi connectivity index (χ1v) is 8.60. The summed E-state index contributed by atoms with van der Waals surface area (Å²) >= 11 is 3.40. The molecule has 2 rings (SSSR count). The summed E-state index contributed by atoms with van der Waals surface area (Å²) in [6.45, 7) is 3.84. The predicted octanol–water partition coefficient (Wildman–Crippen LogP) is 4.63. The minimum absolute atomic E-state index is 0.00924. The average Bonchev–Trinajstić information content (AvgIpc) is 2.62. The van der Waals surface area contributed by atoms with Crippen molar-refractivity contribution in [1.29, 1.82) is 5.26 Å². The molecule has 0 atom stereocenters. The fourth-order valence-electron chi connectivity index (χ4n) is 2.40. The van der Waals surface area contributed by atoms with Gasteiger partial charge in [-0.25, -0.2) is 0 Å². The van der Waals surface area contributed by atoms with Gasteiger partial charge in [0.2, 0.25) is 0 Å². The molecule has 134 valence electrons. The molecular weight excluding hydrogens is 396 g/mol. The highest BCUT2D eigenvalue weighted by Gasteiger charge is 2.14. The number of methoxy groups -OCH3 is 2. The zero-order valence-corrected chi connectivity index (χ0v) is 16.6. The van der Waals surface area contributed by atoms with Crippen molar-refractivity contribution in [2.45, 2.75) is 13.8 Å². The molecule has 2 aromatic carbocycles. The van der Waals surface area contributed by atoms with E-state index in [9.17, 15) is 10.1 Å². The molecule has 0 radical (unpaired) electrons. The van der Waals surface area contributed by atoms with Gasteiger partial charge in [-0.3, -0.25) is 4.79 Å². The van der Waals surface area contributed by atoms with E-state index in [0.29, 0.717) is 27.2 Å². The van der Waals surface area contributed by atoms with Gasteiger partial charge in [-0.2, -0.15) is 5.26 Å². The van der Waals surface area contributed by atoms with Crippen LogP contribution in [0.1, 0.15) is 16.7 Å². The average molecular weight is 415 g/mol. The fourth-order valence-corrected chi connectivity index (χ4v) is 3.02. The van der Waals surface area contributed by atoms with Crippen LogP contribution in [0.25, 0.3) is 6.08 Å². The largest absolute Gasteiger partial charge is 0.493 e. The normalized spacial score (nSPS) is 10.8. The summed E-state index contributed by atoms with van der Waals surface area (Å²) in [7, 11) is 3.06. The Bertz CT molecular complexity index is 914. The first-order valence-electron chi connectivity index (χ1n) is 7.81. The number of benzene rings is 2. The first kappa shape index (κ1) is 19.5. The molecule has 0 bridgehead atoms. The summed E-state index contributed by atoms with van der Waals surface area (Å²) in [6, 6.07) is 11.2. The van der Waals surface area contributed by atoms with E-state index < -0.39 is 5.91 Å². The molecule has 0 aromatic heterocycles. The minimum Gasteiger partial charge on any atom is -0.493 e. The lowest BCUT2D eigenvalue weighted by molar-refractivity contribution is -0.112. The summed E-state index contributed by atoms with van der Waals surface area (Å²) in [6.07, 6.45) is 1.51. The zero-order valence-electron chi connectivity index (χ0n) is 15.0. The van der Waals surface area contributed by atoms with Gasteiger partial charge in [0, 0.05) is 5.69 Å². The second-order valence-corrected chi connectivity index (χ2v) is 6.53. The maximum Gasteiger partial charge on any atom is 0.266 e. The number of ether oxygens (including phenoxy) is 2. The van der Waals surface area contributed by atoms with Crippen LogP contribution >= 0.6 is 15.9 Å². The van der Waals surface area contributed by atoms with Crippen molar-refractivity contribution in [2.75, 3.05) is 19.5 Å². The SMILES string of the molecule is COc1cc(/C=C(/C#N)C(=O)Nc2cc(C)ccc2C)cc(Br)c1OC. The number of anilines is 1. The summed E-state index contributed by atoms with van der Waals surface area (Å²) < 4.78 is 11.2. The molecule has 1 amide bonds. The topological polar surface area (TPSA) is 71.3 Å². The molecule has 0 heterocycles. The number of carbonyl (C=O) groups is 1. The van der Waals surface area contributed by atoms with Gasteiger partial charge in [-0.05, 0) is 70.7 Å². The van der Waals surface area contributed by atoms with E-state index in [-0.39, 0.29) is 5.57 Å². The van der Waals surface area contributed by atoms with E-state index >= 15 is 0 Å². The van der Waals surface area contributed by atoms with Crippen LogP contribution < -0.4 is 14.8 Å². The van der Waals surface area contributed by atoms with Gasteiger partial charge in [0.05, 0.1) is 18.7 Å². The third-order valence-corrected chi connectivity index (χ3v) is 4.36. The number of carbonyl (C=O) groups excluding carboxylic acids is 1. The molecule has 0 unspecified atom stereocenters. The molecule has 0 aliphatic rings. The first-order chi connectivity index (χ1) is 12.4. The number of nitrogens with one attached hydrogen (secondary N) is 1. The third-order valence-electron chi connectivity index (χ3n) is 3.77. The fraction of sp³-hybridized carbons (Fsp3) is 0.200. The van der Waals surface area contributed by atoms with Gasteiger partial charge < -0.3 is 14.8 Å². The number of nitriles is 1. The van der Waals surface area contributed by atoms with Crippen LogP contribution in [0.5, 0.6) is 11.5 Å². The Balaban J connectivity index is 2.36. The van der Waals surface area contributed by atoms with Gasteiger partial charge in [0.25, 0.3) is 5.91 Å². The van der Waals surface area contributed by atoms with Gasteiger partial charge in [0.15, 0.2) is 11.5 Å². The van der Waals surface area contributed by atoms with E-state index in [1.807, 2.05) is 38.1 Å². The van der Waals surface area contributed by atoms with Gasteiger partial charge in [-0.1, -0.05) is 12.1 Å². The summed E-state index contributed by atoms with van der Waals surface area (Å²) in [5.74, 6) is 0.579. The summed E-state index contributed by atoms with van der Waals surface area (Å²) in [5, 5.41) is 12.2. The Morgan fingerprint density at radius 2 is 1.92 bits per heavy atom. The van der Waals surface area contributed by atoms with Gasteiger partial charge in [0.1, 0.15) is 11.6 Å². The molecule has 0 saturated carbocycles. The van der Waals surface area contributed by atoms with Crippen molar-refractivity contribution >= 4 is 33.6 Å². The second kappa shape index (κ2) is 8.54. The molecule has 0 spiro atoms. The highest BCUT2D eigenvalue weighted by Crippen LogP contribution is 2.36. The lowest BCUT2D eigenvalue weighted by atomic mass is 10.1. The van der Waals surface area contributed by atoms with Crippen molar-refractivity contribution in [2.24, 2.45) is 0 Å². The highest BCUT2D eigenvalue weighted by atomic mass is 79.9. The quantitative estimate of drug-likeness (QED) is 0.571. The second-order valence-electron chi connectivity index (χ2n) is 5.68. The summed E-state index contributed by atoms with van der Waals surface area (Å²) in [4.78, 5) is 12.5.